The molecule has 3 atom stereocenters. The number of ether oxygens (including phenoxy) is 1. The zero-order chi connectivity index (χ0) is 13.6. The van der Waals surface area contributed by atoms with Crippen molar-refractivity contribution in [3.63, 3.8) is 0 Å². The van der Waals surface area contributed by atoms with E-state index in [1.54, 1.807) is 4.90 Å². The Balaban J connectivity index is 1.70. The first-order chi connectivity index (χ1) is 9.02. The molecule has 3 aliphatic rings. The third-order valence-electron chi connectivity index (χ3n) is 4.23. The van der Waals surface area contributed by atoms with Crippen LogP contribution in [-0.4, -0.2) is 54.1 Å². The van der Waals surface area contributed by atoms with E-state index in [1.807, 2.05) is 6.92 Å². The molecule has 0 aromatic carbocycles. The maximum atomic E-state index is 12.3. The smallest absolute Gasteiger partial charge is 0.322 e. The van der Waals surface area contributed by atoms with Gasteiger partial charge in [-0.1, -0.05) is 6.92 Å². The molecule has 3 fully saturated rings. The van der Waals surface area contributed by atoms with E-state index in [0.29, 0.717) is 19.6 Å². The van der Waals surface area contributed by atoms with Crippen LogP contribution in [0.2, 0.25) is 0 Å². The van der Waals surface area contributed by atoms with Crippen LogP contribution in [0, 0.1) is 5.92 Å². The van der Waals surface area contributed by atoms with Gasteiger partial charge in [0.05, 0.1) is 6.54 Å². The second kappa shape index (κ2) is 4.19. The predicted octanol–water partition coefficient (Wildman–Crippen LogP) is -0.778. The van der Waals surface area contributed by atoms with E-state index in [0.717, 1.165) is 6.42 Å². The van der Waals surface area contributed by atoms with Gasteiger partial charge in [-0.25, -0.2) is 4.79 Å². The molecule has 2 N–H and O–H groups in total. The second-order valence-electron chi connectivity index (χ2n) is 5.56. The van der Waals surface area contributed by atoms with Crippen LogP contribution >= 0.6 is 0 Å². The lowest BCUT2D eigenvalue weighted by Crippen LogP contribution is -2.51. The number of nitrogens with one attached hydrogen (secondary N) is 2. The minimum atomic E-state index is -0.936. The highest BCUT2D eigenvalue weighted by Crippen LogP contribution is 2.28. The molecule has 7 heteroatoms. The Hall–Kier alpha value is -1.63. The molecule has 0 radical (unpaired) electrons. The average Bonchev–Trinajstić information content (AvgIpc) is 3.01. The first-order valence-electron chi connectivity index (χ1n) is 6.56. The first-order valence-corrected chi connectivity index (χ1v) is 6.56. The highest BCUT2D eigenvalue weighted by molar-refractivity contribution is 6.07. The monoisotopic (exact) mass is 267 g/mol. The van der Waals surface area contributed by atoms with Crippen molar-refractivity contribution in [2.45, 2.75) is 31.4 Å². The first kappa shape index (κ1) is 12.4. The molecule has 3 aliphatic heterocycles. The van der Waals surface area contributed by atoms with E-state index in [9.17, 15) is 14.4 Å². The lowest BCUT2D eigenvalue weighted by Gasteiger charge is -2.24. The SMILES string of the molecule is CC1CCOC1C(=O)N1CCC2(C1)NC(=O)NC2=O. The summed E-state index contributed by atoms with van der Waals surface area (Å²) in [6, 6.07) is -0.482. The van der Waals surface area contributed by atoms with E-state index >= 15 is 0 Å². The molecule has 3 heterocycles. The van der Waals surface area contributed by atoms with Gasteiger partial charge in [0.25, 0.3) is 11.8 Å². The van der Waals surface area contributed by atoms with Crippen LogP contribution in [0.15, 0.2) is 0 Å². The summed E-state index contributed by atoms with van der Waals surface area (Å²) in [6.45, 7) is 3.30. The van der Waals surface area contributed by atoms with Crippen molar-refractivity contribution < 1.29 is 19.1 Å². The summed E-state index contributed by atoms with van der Waals surface area (Å²) in [6.07, 6.45) is 0.930. The van der Waals surface area contributed by atoms with Crippen molar-refractivity contribution in [1.82, 2.24) is 15.5 Å². The van der Waals surface area contributed by atoms with Crippen LogP contribution in [-0.2, 0) is 14.3 Å². The van der Waals surface area contributed by atoms with Gasteiger partial charge in [-0.3, -0.25) is 14.9 Å². The maximum Gasteiger partial charge on any atom is 0.322 e. The Kier molecular flexibility index (Phi) is 2.74. The molecule has 1 spiro atoms. The average molecular weight is 267 g/mol. The number of amides is 4. The zero-order valence-corrected chi connectivity index (χ0v) is 10.8. The fourth-order valence-electron chi connectivity index (χ4n) is 3.00. The van der Waals surface area contributed by atoms with Crippen molar-refractivity contribution in [3.05, 3.63) is 0 Å². The van der Waals surface area contributed by atoms with E-state index in [1.165, 1.54) is 0 Å². The van der Waals surface area contributed by atoms with E-state index < -0.39 is 17.7 Å². The molecule has 0 saturated carbocycles. The number of urea groups is 1. The number of likely N-dealkylation sites (tertiary alicyclic amines) is 1. The molecule has 0 aliphatic carbocycles. The third-order valence-corrected chi connectivity index (χ3v) is 4.23. The zero-order valence-electron chi connectivity index (χ0n) is 10.8. The van der Waals surface area contributed by atoms with Gasteiger partial charge in [0.15, 0.2) is 0 Å². The molecule has 19 heavy (non-hydrogen) atoms. The van der Waals surface area contributed by atoms with Gasteiger partial charge in [0.2, 0.25) is 0 Å². The Morgan fingerprint density at radius 1 is 1.47 bits per heavy atom. The van der Waals surface area contributed by atoms with E-state index in [4.69, 9.17) is 4.74 Å². The van der Waals surface area contributed by atoms with Gasteiger partial charge in [0, 0.05) is 13.2 Å². The van der Waals surface area contributed by atoms with Crippen LogP contribution in [0.1, 0.15) is 19.8 Å². The summed E-state index contributed by atoms with van der Waals surface area (Å²) in [5.41, 5.74) is -0.936. The molecule has 3 saturated heterocycles. The minimum absolute atomic E-state index is 0.0733. The van der Waals surface area contributed by atoms with Crippen LogP contribution in [0.25, 0.3) is 0 Å². The van der Waals surface area contributed by atoms with Crippen LogP contribution in [0.3, 0.4) is 0 Å². The number of hydrogen-bond donors (Lipinski definition) is 2. The lowest BCUT2D eigenvalue weighted by molar-refractivity contribution is -0.141. The molecule has 3 unspecified atom stereocenters. The van der Waals surface area contributed by atoms with Crippen molar-refractivity contribution in [2.75, 3.05) is 19.7 Å². The van der Waals surface area contributed by atoms with Crippen LogP contribution in [0.5, 0.6) is 0 Å². The van der Waals surface area contributed by atoms with Gasteiger partial charge < -0.3 is 15.0 Å². The molecule has 0 aromatic rings. The number of hydrogen-bond acceptors (Lipinski definition) is 4. The molecule has 0 bridgehead atoms. The molecule has 7 nitrogen and oxygen atoms in total. The number of rotatable bonds is 1. The van der Waals surface area contributed by atoms with Gasteiger partial charge in [-0.05, 0) is 18.8 Å². The number of imide groups is 1. The summed E-state index contributed by atoms with van der Waals surface area (Å²) >= 11 is 0. The molecule has 4 amide bonds. The summed E-state index contributed by atoms with van der Waals surface area (Å²) in [5.74, 6) is -0.208. The molecule has 0 aromatic heterocycles. The Labute approximate surface area is 110 Å². The maximum absolute atomic E-state index is 12.3. The Morgan fingerprint density at radius 2 is 2.26 bits per heavy atom. The summed E-state index contributed by atoms with van der Waals surface area (Å²) in [5, 5.41) is 4.86. The quantitative estimate of drug-likeness (QED) is 0.610. The van der Waals surface area contributed by atoms with Gasteiger partial charge >= 0.3 is 6.03 Å². The largest absolute Gasteiger partial charge is 0.368 e. The minimum Gasteiger partial charge on any atom is -0.368 e. The molecular formula is C12H17N3O4. The van der Waals surface area contributed by atoms with Crippen molar-refractivity contribution >= 4 is 17.8 Å². The predicted molar refractivity (Wildman–Crippen MR) is 64.1 cm³/mol. The molecule has 3 rings (SSSR count). The third kappa shape index (κ3) is 1.88. The van der Waals surface area contributed by atoms with Gasteiger partial charge in [-0.2, -0.15) is 0 Å². The van der Waals surface area contributed by atoms with Crippen LogP contribution in [0.4, 0.5) is 4.79 Å². The fraction of sp³-hybridized carbons (Fsp3) is 0.750. The van der Waals surface area contributed by atoms with E-state index in [2.05, 4.69) is 10.6 Å². The Morgan fingerprint density at radius 3 is 2.84 bits per heavy atom. The van der Waals surface area contributed by atoms with Crippen molar-refractivity contribution in [2.24, 2.45) is 5.92 Å². The number of carbonyl (C=O) groups is 3. The summed E-state index contributed by atoms with van der Waals surface area (Å²) < 4.78 is 5.46. The standard InChI is InChI=1S/C12H17N3O4/c1-7-2-5-19-8(7)9(16)15-4-3-12(6-15)10(17)13-11(18)14-12/h7-8H,2-6H2,1H3,(H2,13,14,17,18). The molecule has 104 valence electrons. The van der Waals surface area contributed by atoms with Crippen LogP contribution < -0.4 is 10.6 Å². The van der Waals surface area contributed by atoms with Gasteiger partial charge in [-0.15, -0.1) is 0 Å². The van der Waals surface area contributed by atoms with Crippen molar-refractivity contribution in [1.29, 1.82) is 0 Å². The highest BCUT2D eigenvalue weighted by atomic mass is 16.5. The van der Waals surface area contributed by atoms with E-state index in [-0.39, 0.29) is 24.3 Å². The second-order valence-corrected chi connectivity index (χ2v) is 5.56. The summed E-state index contributed by atoms with van der Waals surface area (Å²) in [4.78, 5) is 37.0. The number of nitrogens with zero attached hydrogens (tertiary/aromatic N) is 1. The Bertz CT molecular complexity index is 452. The van der Waals surface area contributed by atoms with Gasteiger partial charge in [0.1, 0.15) is 11.6 Å². The summed E-state index contributed by atoms with van der Waals surface area (Å²) in [7, 11) is 0. The topological polar surface area (TPSA) is 87.7 Å². The fourth-order valence-corrected chi connectivity index (χ4v) is 3.00. The highest BCUT2D eigenvalue weighted by Gasteiger charge is 2.52. The lowest BCUT2D eigenvalue weighted by atomic mass is 9.99. The normalized spacial score (nSPS) is 37.8. The number of carbonyl (C=O) groups excluding carboxylic acids is 3. The van der Waals surface area contributed by atoms with Crippen molar-refractivity contribution in [3.8, 4) is 0 Å². The molecular weight excluding hydrogens is 250 g/mol.